The quantitative estimate of drug-likeness (QED) is 0.296. The number of hydrogen-bond donors (Lipinski definition) is 3. The highest BCUT2D eigenvalue weighted by Crippen LogP contribution is 2.23. The minimum absolute atomic E-state index is 0.131. The van der Waals surface area contributed by atoms with Gasteiger partial charge < -0.3 is 25.8 Å². The van der Waals surface area contributed by atoms with Gasteiger partial charge in [0.05, 0.1) is 6.54 Å². The maximum Gasteiger partial charge on any atom is 0.221 e. The molecule has 0 radical (unpaired) electrons. The standard InChI is InChI=1S/C23H24N4O3/c1-17(28)26-18-7-5-11-21(15-18)29-14-13-25-23(24)27-19-8-6-12-22(16-19)30-20-9-3-2-4-10-20/h2-12,15-16H,13-14H2,1H3,(H,26,28)(H3,24,25,27). The zero-order valence-electron chi connectivity index (χ0n) is 16.7. The van der Waals surface area contributed by atoms with Crippen molar-refractivity contribution >= 4 is 23.2 Å². The number of ether oxygens (including phenoxy) is 2. The van der Waals surface area contributed by atoms with Crippen LogP contribution in [0.5, 0.6) is 17.2 Å². The lowest BCUT2D eigenvalue weighted by Crippen LogP contribution is -2.23. The monoisotopic (exact) mass is 404 g/mol. The number of carbonyl (C=O) groups is 1. The number of aliphatic imine (C=N–C) groups is 1. The largest absolute Gasteiger partial charge is 0.492 e. The molecule has 3 rings (SSSR count). The van der Waals surface area contributed by atoms with Crippen molar-refractivity contribution in [1.82, 2.24) is 0 Å². The van der Waals surface area contributed by atoms with Crippen molar-refractivity contribution in [1.29, 1.82) is 0 Å². The van der Waals surface area contributed by atoms with Crippen LogP contribution in [0.25, 0.3) is 0 Å². The lowest BCUT2D eigenvalue weighted by Gasteiger charge is -2.10. The van der Waals surface area contributed by atoms with E-state index in [0.717, 1.165) is 11.4 Å². The zero-order chi connectivity index (χ0) is 21.2. The topological polar surface area (TPSA) is 98.0 Å². The maximum absolute atomic E-state index is 11.1. The summed E-state index contributed by atoms with van der Waals surface area (Å²) < 4.78 is 11.5. The maximum atomic E-state index is 11.1. The number of nitrogens with zero attached hydrogens (tertiary/aromatic N) is 1. The molecule has 3 aromatic carbocycles. The molecule has 0 atom stereocenters. The molecule has 0 fully saturated rings. The predicted molar refractivity (Wildman–Crippen MR) is 119 cm³/mol. The zero-order valence-corrected chi connectivity index (χ0v) is 16.7. The van der Waals surface area contributed by atoms with Crippen molar-refractivity contribution in [2.45, 2.75) is 6.92 Å². The van der Waals surface area contributed by atoms with E-state index in [1.807, 2.05) is 66.7 Å². The molecule has 0 heterocycles. The fourth-order valence-corrected chi connectivity index (χ4v) is 2.65. The molecule has 30 heavy (non-hydrogen) atoms. The molecule has 3 aromatic rings. The van der Waals surface area contributed by atoms with Gasteiger partial charge in [-0.1, -0.05) is 30.3 Å². The fraction of sp³-hybridized carbons (Fsp3) is 0.130. The minimum atomic E-state index is -0.131. The van der Waals surface area contributed by atoms with Gasteiger partial charge in [-0.15, -0.1) is 0 Å². The Hall–Kier alpha value is -4.00. The Morgan fingerprint density at radius 2 is 1.50 bits per heavy atom. The van der Waals surface area contributed by atoms with E-state index in [0.29, 0.717) is 30.3 Å². The summed E-state index contributed by atoms with van der Waals surface area (Å²) in [7, 11) is 0. The summed E-state index contributed by atoms with van der Waals surface area (Å²) in [6.45, 7) is 2.19. The SMILES string of the molecule is CC(=O)Nc1cccc(OCCN=C(N)Nc2cccc(Oc3ccccc3)c2)c1. The first-order valence-corrected chi connectivity index (χ1v) is 9.49. The van der Waals surface area contributed by atoms with Gasteiger partial charge in [0.2, 0.25) is 5.91 Å². The lowest BCUT2D eigenvalue weighted by atomic mass is 10.3. The molecule has 154 valence electrons. The number of rotatable bonds is 8. The number of anilines is 2. The van der Waals surface area contributed by atoms with Gasteiger partial charge >= 0.3 is 0 Å². The lowest BCUT2D eigenvalue weighted by molar-refractivity contribution is -0.114. The van der Waals surface area contributed by atoms with Gasteiger partial charge in [0.25, 0.3) is 0 Å². The van der Waals surface area contributed by atoms with Gasteiger partial charge in [-0.05, 0) is 36.4 Å². The third kappa shape index (κ3) is 6.87. The molecule has 7 heteroatoms. The Morgan fingerprint density at radius 1 is 0.867 bits per heavy atom. The normalized spacial score (nSPS) is 10.9. The van der Waals surface area contributed by atoms with Crippen molar-refractivity contribution < 1.29 is 14.3 Å². The van der Waals surface area contributed by atoms with E-state index in [9.17, 15) is 4.79 Å². The van der Waals surface area contributed by atoms with E-state index in [4.69, 9.17) is 15.2 Å². The second kappa shape index (κ2) is 10.5. The van der Waals surface area contributed by atoms with Crippen molar-refractivity contribution in [3.05, 3.63) is 78.9 Å². The molecule has 0 unspecified atom stereocenters. The molecular formula is C23H24N4O3. The van der Waals surface area contributed by atoms with Crippen molar-refractivity contribution in [3.8, 4) is 17.2 Å². The van der Waals surface area contributed by atoms with E-state index >= 15 is 0 Å². The summed E-state index contributed by atoms with van der Waals surface area (Å²) in [5.74, 6) is 2.25. The summed E-state index contributed by atoms with van der Waals surface area (Å²) in [5.41, 5.74) is 7.42. The highest BCUT2D eigenvalue weighted by Gasteiger charge is 2.01. The molecule has 0 saturated carbocycles. The number of guanidine groups is 1. The number of nitrogens with two attached hydrogens (primary N) is 1. The van der Waals surface area contributed by atoms with E-state index in [2.05, 4.69) is 15.6 Å². The molecule has 7 nitrogen and oxygen atoms in total. The van der Waals surface area contributed by atoms with Crippen molar-refractivity contribution in [3.63, 3.8) is 0 Å². The van der Waals surface area contributed by atoms with Crippen LogP contribution in [0, 0.1) is 0 Å². The average molecular weight is 404 g/mol. The van der Waals surface area contributed by atoms with E-state index in [1.165, 1.54) is 6.92 Å². The van der Waals surface area contributed by atoms with Crippen LogP contribution in [0.3, 0.4) is 0 Å². The minimum Gasteiger partial charge on any atom is -0.492 e. The van der Waals surface area contributed by atoms with Gasteiger partial charge in [-0.2, -0.15) is 0 Å². The summed E-state index contributed by atoms with van der Waals surface area (Å²) in [6.07, 6.45) is 0. The highest BCUT2D eigenvalue weighted by molar-refractivity contribution is 5.92. The molecule has 4 N–H and O–H groups in total. The summed E-state index contributed by atoms with van der Waals surface area (Å²) in [4.78, 5) is 15.4. The molecule has 0 aromatic heterocycles. The van der Waals surface area contributed by atoms with Crippen molar-refractivity contribution in [2.24, 2.45) is 10.7 Å². The summed E-state index contributed by atoms with van der Waals surface area (Å²) in [6, 6.07) is 24.2. The second-order valence-electron chi connectivity index (χ2n) is 6.39. The predicted octanol–water partition coefficient (Wildman–Crippen LogP) is 4.24. The van der Waals surface area contributed by atoms with Crippen LogP contribution in [0.4, 0.5) is 11.4 Å². The van der Waals surface area contributed by atoms with Gasteiger partial charge in [0.1, 0.15) is 23.9 Å². The molecule has 0 aliphatic rings. The molecule has 0 spiro atoms. The van der Waals surface area contributed by atoms with Crippen LogP contribution >= 0.6 is 0 Å². The highest BCUT2D eigenvalue weighted by atomic mass is 16.5. The number of hydrogen-bond acceptors (Lipinski definition) is 4. The van der Waals surface area contributed by atoms with Crippen LogP contribution < -0.4 is 25.8 Å². The van der Waals surface area contributed by atoms with Crippen LogP contribution in [0.15, 0.2) is 83.9 Å². The Balaban J connectivity index is 1.48. The smallest absolute Gasteiger partial charge is 0.221 e. The van der Waals surface area contributed by atoms with E-state index < -0.39 is 0 Å². The fourth-order valence-electron chi connectivity index (χ4n) is 2.65. The van der Waals surface area contributed by atoms with Gasteiger partial charge in [-0.3, -0.25) is 4.79 Å². The number of para-hydroxylation sites is 1. The van der Waals surface area contributed by atoms with Crippen LogP contribution in [-0.4, -0.2) is 25.0 Å². The number of benzene rings is 3. The average Bonchev–Trinajstić information content (AvgIpc) is 2.72. The van der Waals surface area contributed by atoms with Crippen LogP contribution in [0.2, 0.25) is 0 Å². The first-order chi connectivity index (χ1) is 14.6. The summed E-state index contributed by atoms with van der Waals surface area (Å²) in [5, 5.41) is 5.76. The van der Waals surface area contributed by atoms with Gasteiger partial charge in [0.15, 0.2) is 5.96 Å². The molecule has 0 saturated heterocycles. The van der Waals surface area contributed by atoms with E-state index in [1.54, 1.807) is 12.1 Å². The first kappa shape index (κ1) is 20.7. The van der Waals surface area contributed by atoms with Crippen LogP contribution in [-0.2, 0) is 4.79 Å². The first-order valence-electron chi connectivity index (χ1n) is 9.49. The molecular weight excluding hydrogens is 380 g/mol. The second-order valence-corrected chi connectivity index (χ2v) is 6.39. The van der Waals surface area contributed by atoms with Crippen LogP contribution in [0.1, 0.15) is 6.92 Å². The van der Waals surface area contributed by atoms with Gasteiger partial charge in [0, 0.05) is 30.4 Å². The number of amides is 1. The molecule has 0 bridgehead atoms. The van der Waals surface area contributed by atoms with Crippen molar-refractivity contribution in [2.75, 3.05) is 23.8 Å². The Morgan fingerprint density at radius 3 is 2.23 bits per heavy atom. The van der Waals surface area contributed by atoms with E-state index in [-0.39, 0.29) is 11.9 Å². The molecule has 0 aliphatic heterocycles. The Labute approximate surface area is 175 Å². The Kier molecular flexibility index (Phi) is 7.27. The summed E-state index contributed by atoms with van der Waals surface area (Å²) >= 11 is 0. The Bertz CT molecular complexity index is 1010. The number of carbonyl (C=O) groups excluding carboxylic acids is 1. The third-order valence-electron chi connectivity index (χ3n) is 3.88. The molecule has 0 aliphatic carbocycles. The molecule has 1 amide bonds. The van der Waals surface area contributed by atoms with Gasteiger partial charge in [-0.25, -0.2) is 4.99 Å². The number of nitrogens with one attached hydrogen (secondary N) is 2. The third-order valence-corrected chi connectivity index (χ3v) is 3.88.